The second kappa shape index (κ2) is 5.07. The second-order valence-corrected chi connectivity index (χ2v) is 8.81. The van der Waals surface area contributed by atoms with Crippen LogP contribution in [-0.4, -0.2) is 17.9 Å². The maximum absolute atomic E-state index is 12.9. The Labute approximate surface area is 134 Å². The first-order chi connectivity index (χ1) is 10.2. The molecule has 0 unspecified atom stereocenters. The summed E-state index contributed by atoms with van der Waals surface area (Å²) < 4.78 is 6.01. The van der Waals surface area contributed by atoms with Gasteiger partial charge in [-0.05, 0) is 48.3 Å². The summed E-state index contributed by atoms with van der Waals surface area (Å²) in [5.74, 6) is 1.68. The number of carbonyl (C=O) groups is 2. The fourth-order valence-electron chi connectivity index (χ4n) is 5.47. The van der Waals surface area contributed by atoms with Crippen LogP contribution in [0.3, 0.4) is 0 Å². The molecule has 0 heterocycles. The normalized spacial score (nSPS) is 43.1. The molecule has 5 atom stereocenters. The Kier molecular flexibility index (Phi) is 3.69. The number of hydrogen-bond acceptors (Lipinski definition) is 3. The summed E-state index contributed by atoms with van der Waals surface area (Å²) in [5.41, 5.74) is -1.01. The highest BCUT2D eigenvalue weighted by molar-refractivity contribution is 6.10. The predicted octanol–water partition coefficient (Wildman–Crippen LogP) is 4.00. The molecule has 3 nitrogen and oxygen atoms in total. The van der Waals surface area contributed by atoms with E-state index in [2.05, 4.69) is 34.6 Å². The van der Waals surface area contributed by atoms with Crippen LogP contribution in [0.2, 0.25) is 0 Å². The molecule has 22 heavy (non-hydrogen) atoms. The molecule has 3 saturated carbocycles. The number of Topliss-reactive ketones (excluding diaryl/α,β-unsaturated/α-hetero) is 1. The third-order valence-corrected chi connectivity index (χ3v) is 6.97. The fraction of sp³-hybridized carbons (Fsp3) is 0.895. The summed E-state index contributed by atoms with van der Waals surface area (Å²) >= 11 is 0. The van der Waals surface area contributed by atoms with Crippen LogP contribution in [0.5, 0.6) is 0 Å². The van der Waals surface area contributed by atoms with Gasteiger partial charge in [-0.15, -0.1) is 0 Å². The van der Waals surface area contributed by atoms with Gasteiger partial charge < -0.3 is 4.74 Å². The van der Waals surface area contributed by atoms with Crippen molar-refractivity contribution < 1.29 is 14.3 Å². The van der Waals surface area contributed by atoms with Crippen molar-refractivity contribution in [3.05, 3.63) is 0 Å². The maximum Gasteiger partial charge on any atom is 0.320 e. The summed E-state index contributed by atoms with van der Waals surface area (Å²) in [5, 5.41) is 0. The Hall–Kier alpha value is -0.860. The number of esters is 1. The zero-order valence-electron chi connectivity index (χ0n) is 14.6. The SMILES string of the molecule is CC(C)[C@H]1CC[C@@H](C)C[C@@H]1OC(=O)[C@]12C(=O)CC[C@H]1C2(C)C. The molecule has 0 amide bonds. The monoisotopic (exact) mass is 306 g/mol. The van der Waals surface area contributed by atoms with Crippen LogP contribution in [0.1, 0.15) is 66.7 Å². The Bertz CT molecular complexity index is 493. The van der Waals surface area contributed by atoms with Crippen LogP contribution < -0.4 is 0 Å². The van der Waals surface area contributed by atoms with E-state index in [1.54, 1.807) is 0 Å². The Morgan fingerprint density at radius 3 is 2.45 bits per heavy atom. The predicted molar refractivity (Wildman–Crippen MR) is 85.2 cm³/mol. The summed E-state index contributed by atoms with van der Waals surface area (Å²) in [6.07, 6.45) is 4.70. The van der Waals surface area contributed by atoms with E-state index in [9.17, 15) is 9.59 Å². The minimum atomic E-state index is -0.810. The lowest BCUT2D eigenvalue weighted by Gasteiger charge is -2.37. The highest BCUT2D eigenvalue weighted by Gasteiger charge is 2.82. The van der Waals surface area contributed by atoms with Gasteiger partial charge in [0.2, 0.25) is 0 Å². The molecule has 124 valence electrons. The van der Waals surface area contributed by atoms with Crippen LogP contribution in [-0.2, 0) is 14.3 Å². The molecule has 0 aliphatic heterocycles. The van der Waals surface area contributed by atoms with Gasteiger partial charge in [-0.1, -0.05) is 41.0 Å². The molecular formula is C19H30O3. The van der Waals surface area contributed by atoms with Crippen LogP contribution in [0.4, 0.5) is 0 Å². The van der Waals surface area contributed by atoms with Crippen molar-refractivity contribution in [2.24, 2.45) is 34.5 Å². The Morgan fingerprint density at radius 1 is 1.23 bits per heavy atom. The van der Waals surface area contributed by atoms with Crippen LogP contribution in [0.15, 0.2) is 0 Å². The summed E-state index contributed by atoms with van der Waals surface area (Å²) in [7, 11) is 0. The first-order valence-electron chi connectivity index (χ1n) is 8.97. The lowest BCUT2D eigenvalue weighted by Crippen LogP contribution is -2.40. The van der Waals surface area contributed by atoms with E-state index in [1.165, 1.54) is 6.42 Å². The number of ketones is 1. The molecule has 3 aliphatic carbocycles. The molecule has 3 heteroatoms. The van der Waals surface area contributed by atoms with E-state index in [4.69, 9.17) is 4.74 Å². The van der Waals surface area contributed by atoms with Crippen molar-refractivity contribution in [3.8, 4) is 0 Å². The maximum atomic E-state index is 12.9. The van der Waals surface area contributed by atoms with Gasteiger partial charge in [0.15, 0.2) is 5.78 Å². The lowest BCUT2D eigenvalue weighted by molar-refractivity contribution is -0.166. The minimum Gasteiger partial charge on any atom is -0.461 e. The zero-order chi connectivity index (χ0) is 16.3. The lowest BCUT2D eigenvalue weighted by atomic mass is 9.75. The fourth-order valence-corrected chi connectivity index (χ4v) is 5.47. The van der Waals surface area contributed by atoms with Crippen molar-refractivity contribution in [3.63, 3.8) is 0 Å². The van der Waals surface area contributed by atoms with E-state index >= 15 is 0 Å². The highest BCUT2D eigenvalue weighted by Crippen LogP contribution is 2.75. The quantitative estimate of drug-likeness (QED) is 0.585. The molecule has 0 radical (unpaired) electrons. The number of carbonyl (C=O) groups excluding carboxylic acids is 2. The first kappa shape index (κ1) is 16.0. The van der Waals surface area contributed by atoms with Gasteiger partial charge in [-0.25, -0.2) is 0 Å². The topological polar surface area (TPSA) is 43.4 Å². The zero-order valence-corrected chi connectivity index (χ0v) is 14.6. The van der Waals surface area contributed by atoms with Crippen LogP contribution >= 0.6 is 0 Å². The molecule has 3 fully saturated rings. The molecule has 0 aromatic rings. The highest BCUT2D eigenvalue weighted by atomic mass is 16.5. The molecule has 3 rings (SSSR count). The van der Waals surface area contributed by atoms with E-state index in [-0.39, 0.29) is 29.2 Å². The number of hydrogen-bond donors (Lipinski definition) is 0. The van der Waals surface area contributed by atoms with E-state index in [0.29, 0.717) is 24.2 Å². The first-order valence-corrected chi connectivity index (χ1v) is 8.97. The minimum absolute atomic E-state index is 0.00363. The molecule has 0 spiro atoms. The van der Waals surface area contributed by atoms with E-state index in [0.717, 1.165) is 19.3 Å². The van der Waals surface area contributed by atoms with Crippen molar-refractivity contribution in [1.29, 1.82) is 0 Å². The van der Waals surface area contributed by atoms with E-state index in [1.807, 2.05) is 0 Å². The molecule has 0 bridgehead atoms. The van der Waals surface area contributed by atoms with E-state index < -0.39 is 5.41 Å². The van der Waals surface area contributed by atoms with Crippen LogP contribution in [0, 0.1) is 34.5 Å². The molecule has 0 N–H and O–H groups in total. The van der Waals surface area contributed by atoms with Crippen molar-refractivity contribution in [2.75, 3.05) is 0 Å². The van der Waals surface area contributed by atoms with Gasteiger partial charge in [0.1, 0.15) is 11.5 Å². The van der Waals surface area contributed by atoms with Crippen molar-refractivity contribution >= 4 is 11.8 Å². The Morgan fingerprint density at radius 2 is 1.91 bits per heavy atom. The number of fused-ring (bicyclic) bond motifs is 1. The second-order valence-electron chi connectivity index (χ2n) is 8.81. The number of rotatable bonds is 3. The third-order valence-electron chi connectivity index (χ3n) is 6.97. The summed E-state index contributed by atoms with van der Waals surface area (Å²) in [6, 6.07) is 0. The Balaban J connectivity index is 1.77. The molecule has 0 aromatic heterocycles. The van der Waals surface area contributed by atoms with Gasteiger partial charge >= 0.3 is 5.97 Å². The van der Waals surface area contributed by atoms with Crippen molar-refractivity contribution in [2.45, 2.75) is 72.8 Å². The molecular weight excluding hydrogens is 276 g/mol. The average Bonchev–Trinajstić information content (AvgIpc) is 2.72. The standard InChI is InChI=1S/C19H30O3/c1-11(2)13-7-6-12(3)10-14(13)22-17(21)19-15(18(19,4)5)8-9-16(19)20/h11-15H,6-10H2,1-5H3/t12-,13-,14+,15+,19-/m1/s1. The van der Waals surface area contributed by atoms with Crippen molar-refractivity contribution in [1.82, 2.24) is 0 Å². The van der Waals surface area contributed by atoms with Gasteiger partial charge in [0.05, 0.1) is 0 Å². The number of ether oxygens (including phenoxy) is 1. The molecule has 0 aromatic carbocycles. The van der Waals surface area contributed by atoms with Gasteiger partial charge in [-0.3, -0.25) is 9.59 Å². The summed E-state index contributed by atoms with van der Waals surface area (Å²) in [4.78, 5) is 25.4. The smallest absolute Gasteiger partial charge is 0.320 e. The third kappa shape index (κ3) is 2.00. The summed E-state index contributed by atoms with van der Waals surface area (Å²) in [6.45, 7) is 10.8. The largest absolute Gasteiger partial charge is 0.461 e. The average molecular weight is 306 g/mol. The van der Waals surface area contributed by atoms with Gasteiger partial charge in [0, 0.05) is 6.42 Å². The molecule has 0 saturated heterocycles. The van der Waals surface area contributed by atoms with Crippen LogP contribution in [0.25, 0.3) is 0 Å². The van der Waals surface area contributed by atoms with Gasteiger partial charge in [0.25, 0.3) is 0 Å². The van der Waals surface area contributed by atoms with Gasteiger partial charge in [-0.2, -0.15) is 0 Å². The molecule has 3 aliphatic rings.